The van der Waals surface area contributed by atoms with Gasteiger partial charge in [-0.1, -0.05) is 12.1 Å². The maximum atomic E-state index is 12.4. The zero-order chi connectivity index (χ0) is 17.5. The number of benzene rings is 1. The largest absolute Gasteiger partial charge is 0.496 e. The van der Waals surface area contributed by atoms with Gasteiger partial charge in [0.15, 0.2) is 0 Å². The van der Waals surface area contributed by atoms with Crippen LogP contribution >= 0.6 is 11.3 Å². The van der Waals surface area contributed by atoms with Gasteiger partial charge in [0.2, 0.25) is 0 Å². The highest BCUT2D eigenvalue weighted by atomic mass is 32.1. The molecule has 1 aromatic heterocycles. The van der Waals surface area contributed by atoms with Gasteiger partial charge < -0.3 is 14.8 Å². The number of hydrogen-bond acceptors (Lipinski definition) is 6. The SMILES string of the molecule is CCOC(=O)NC(=O)c1ccsc1NC(=O)c1ccccc1OC. The highest BCUT2D eigenvalue weighted by Crippen LogP contribution is 2.25. The van der Waals surface area contributed by atoms with Crippen LogP contribution in [-0.2, 0) is 4.74 Å². The Bertz CT molecular complexity index is 756. The molecule has 1 aromatic carbocycles. The van der Waals surface area contributed by atoms with Crippen LogP contribution in [0.15, 0.2) is 35.7 Å². The van der Waals surface area contributed by atoms with Crippen LogP contribution in [0.3, 0.4) is 0 Å². The minimum absolute atomic E-state index is 0.153. The quantitative estimate of drug-likeness (QED) is 0.866. The molecule has 0 aliphatic carbocycles. The molecule has 3 amide bonds. The Morgan fingerprint density at radius 3 is 2.54 bits per heavy atom. The lowest BCUT2D eigenvalue weighted by Gasteiger charge is -2.09. The zero-order valence-corrected chi connectivity index (χ0v) is 13.9. The molecule has 2 aromatic rings. The summed E-state index contributed by atoms with van der Waals surface area (Å²) in [5, 5.41) is 6.71. The van der Waals surface area contributed by atoms with Crippen LogP contribution < -0.4 is 15.4 Å². The molecule has 0 atom stereocenters. The molecule has 0 aliphatic heterocycles. The Hall–Kier alpha value is -2.87. The molecule has 1 heterocycles. The van der Waals surface area contributed by atoms with Crippen LogP contribution in [0, 0.1) is 0 Å². The highest BCUT2D eigenvalue weighted by Gasteiger charge is 2.19. The van der Waals surface area contributed by atoms with Crippen LogP contribution in [0.1, 0.15) is 27.6 Å². The number of nitrogens with one attached hydrogen (secondary N) is 2. The molecule has 7 nitrogen and oxygen atoms in total. The van der Waals surface area contributed by atoms with Crippen molar-refractivity contribution in [2.24, 2.45) is 0 Å². The second kappa shape index (κ2) is 8.11. The van der Waals surface area contributed by atoms with E-state index >= 15 is 0 Å². The van der Waals surface area contributed by atoms with Gasteiger partial charge in [-0.2, -0.15) is 0 Å². The minimum Gasteiger partial charge on any atom is -0.496 e. The van der Waals surface area contributed by atoms with Crippen molar-refractivity contribution in [3.8, 4) is 5.75 Å². The molecular weight excluding hydrogens is 332 g/mol. The minimum atomic E-state index is -0.837. The Morgan fingerprint density at radius 1 is 1.08 bits per heavy atom. The van der Waals surface area contributed by atoms with E-state index in [1.54, 1.807) is 36.6 Å². The Labute approximate surface area is 142 Å². The van der Waals surface area contributed by atoms with Gasteiger partial charge in [0.05, 0.1) is 24.8 Å². The molecule has 0 aliphatic rings. The van der Waals surface area contributed by atoms with Gasteiger partial charge in [0.25, 0.3) is 11.8 Å². The molecule has 8 heteroatoms. The first kappa shape index (κ1) is 17.5. The molecule has 0 saturated heterocycles. The lowest BCUT2D eigenvalue weighted by molar-refractivity contribution is 0.0926. The fraction of sp³-hybridized carbons (Fsp3) is 0.188. The van der Waals surface area contributed by atoms with Crippen molar-refractivity contribution in [1.82, 2.24) is 5.32 Å². The number of imide groups is 1. The number of ether oxygens (including phenoxy) is 2. The molecule has 0 fully saturated rings. The van der Waals surface area contributed by atoms with Crippen LogP contribution in [0.4, 0.5) is 9.80 Å². The predicted molar refractivity (Wildman–Crippen MR) is 89.8 cm³/mol. The first-order chi connectivity index (χ1) is 11.6. The summed E-state index contributed by atoms with van der Waals surface area (Å²) in [7, 11) is 1.47. The number of para-hydroxylation sites is 1. The van der Waals surface area contributed by atoms with Crippen LogP contribution in [0.5, 0.6) is 5.75 Å². The molecule has 2 N–H and O–H groups in total. The summed E-state index contributed by atoms with van der Waals surface area (Å²) in [6.45, 7) is 1.79. The average Bonchev–Trinajstić information content (AvgIpc) is 3.03. The number of amides is 3. The lowest BCUT2D eigenvalue weighted by Crippen LogP contribution is -2.31. The lowest BCUT2D eigenvalue weighted by atomic mass is 10.2. The number of methoxy groups -OCH3 is 1. The van der Waals surface area contributed by atoms with E-state index in [4.69, 9.17) is 4.74 Å². The summed E-state index contributed by atoms with van der Waals surface area (Å²) in [4.78, 5) is 35.8. The van der Waals surface area contributed by atoms with E-state index in [0.29, 0.717) is 16.3 Å². The number of rotatable bonds is 5. The zero-order valence-electron chi connectivity index (χ0n) is 13.1. The smallest absolute Gasteiger partial charge is 0.414 e. The molecule has 0 bridgehead atoms. The molecule has 0 spiro atoms. The third-order valence-electron chi connectivity index (χ3n) is 2.98. The van der Waals surface area contributed by atoms with Gasteiger partial charge in [-0.05, 0) is 30.5 Å². The van der Waals surface area contributed by atoms with E-state index in [1.807, 2.05) is 0 Å². The summed E-state index contributed by atoms with van der Waals surface area (Å²) >= 11 is 1.17. The second-order valence-corrected chi connectivity index (χ2v) is 5.41. The third kappa shape index (κ3) is 4.11. The normalized spacial score (nSPS) is 9.92. The Balaban J connectivity index is 2.14. The van der Waals surface area contributed by atoms with E-state index in [2.05, 4.69) is 15.4 Å². The van der Waals surface area contributed by atoms with Crippen LogP contribution in [-0.4, -0.2) is 31.6 Å². The van der Waals surface area contributed by atoms with E-state index in [1.165, 1.54) is 24.5 Å². The number of alkyl carbamates (subject to hydrolysis) is 1. The topological polar surface area (TPSA) is 93.7 Å². The second-order valence-electron chi connectivity index (χ2n) is 4.49. The van der Waals surface area contributed by atoms with E-state index < -0.39 is 17.9 Å². The van der Waals surface area contributed by atoms with Gasteiger partial charge in [-0.3, -0.25) is 14.9 Å². The van der Waals surface area contributed by atoms with E-state index in [9.17, 15) is 14.4 Å². The molecule has 126 valence electrons. The maximum absolute atomic E-state index is 12.4. The van der Waals surface area contributed by atoms with Crippen molar-refractivity contribution in [2.45, 2.75) is 6.92 Å². The number of carbonyl (C=O) groups excluding carboxylic acids is 3. The number of anilines is 1. The average molecular weight is 348 g/mol. The van der Waals surface area contributed by atoms with Crippen LogP contribution in [0.25, 0.3) is 0 Å². The van der Waals surface area contributed by atoms with E-state index in [0.717, 1.165) is 0 Å². The summed E-state index contributed by atoms with van der Waals surface area (Å²) in [6.07, 6.45) is -0.837. The van der Waals surface area contributed by atoms with Gasteiger partial charge in [0.1, 0.15) is 10.8 Å². The summed E-state index contributed by atoms with van der Waals surface area (Å²) in [6, 6.07) is 8.24. The fourth-order valence-corrected chi connectivity index (χ4v) is 2.69. The van der Waals surface area contributed by atoms with Crippen molar-refractivity contribution in [2.75, 3.05) is 19.0 Å². The first-order valence-corrected chi connectivity index (χ1v) is 7.94. The molecule has 2 rings (SSSR count). The molecular formula is C16H16N2O5S. The number of hydrogen-bond donors (Lipinski definition) is 2. The van der Waals surface area contributed by atoms with Crippen molar-refractivity contribution < 1.29 is 23.9 Å². The highest BCUT2D eigenvalue weighted by molar-refractivity contribution is 7.14. The maximum Gasteiger partial charge on any atom is 0.414 e. The van der Waals surface area contributed by atoms with Gasteiger partial charge in [-0.25, -0.2) is 4.79 Å². The van der Waals surface area contributed by atoms with Crippen LogP contribution in [0.2, 0.25) is 0 Å². The predicted octanol–water partition coefficient (Wildman–Crippen LogP) is 2.90. The number of thiophene rings is 1. The van der Waals surface area contributed by atoms with E-state index in [-0.39, 0.29) is 12.2 Å². The van der Waals surface area contributed by atoms with Crippen molar-refractivity contribution >= 4 is 34.2 Å². The monoisotopic (exact) mass is 348 g/mol. The molecule has 0 unspecified atom stereocenters. The van der Waals surface area contributed by atoms with Crippen molar-refractivity contribution in [3.63, 3.8) is 0 Å². The van der Waals surface area contributed by atoms with Gasteiger partial charge >= 0.3 is 6.09 Å². The summed E-state index contributed by atoms with van der Waals surface area (Å²) in [5.74, 6) is -0.644. The number of carbonyl (C=O) groups is 3. The summed E-state index contributed by atoms with van der Waals surface area (Å²) < 4.78 is 9.80. The third-order valence-corrected chi connectivity index (χ3v) is 3.81. The molecule has 24 heavy (non-hydrogen) atoms. The first-order valence-electron chi connectivity index (χ1n) is 7.06. The summed E-state index contributed by atoms with van der Waals surface area (Å²) in [5.41, 5.74) is 0.515. The van der Waals surface area contributed by atoms with Crippen molar-refractivity contribution in [1.29, 1.82) is 0 Å². The Kier molecular flexibility index (Phi) is 5.91. The molecule has 0 radical (unpaired) electrons. The Morgan fingerprint density at radius 2 is 1.83 bits per heavy atom. The standard InChI is InChI=1S/C16H16N2O5S/c1-3-23-16(21)18-14(20)11-8-9-24-15(11)17-13(19)10-6-4-5-7-12(10)22-2/h4-9H,3H2,1-2H3,(H,17,19)(H,18,20,21). The van der Waals surface area contributed by atoms with Gasteiger partial charge in [-0.15, -0.1) is 11.3 Å². The molecule has 0 saturated carbocycles. The fourth-order valence-electron chi connectivity index (χ4n) is 1.91. The van der Waals surface area contributed by atoms with Crippen molar-refractivity contribution in [3.05, 3.63) is 46.8 Å². The van der Waals surface area contributed by atoms with Gasteiger partial charge in [0, 0.05) is 0 Å².